The van der Waals surface area contributed by atoms with Gasteiger partial charge in [0.1, 0.15) is 0 Å². The fourth-order valence-electron chi connectivity index (χ4n) is 1.19. The highest BCUT2D eigenvalue weighted by molar-refractivity contribution is 5.80. The highest BCUT2D eigenvalue weighted by Crippen LogP contribution is 2.28. The first-order valence-electron chi connectivity index (χ1n) is 5.55. The van der Waals surface area contributed by atoms with Crippen molar-refractivity contribution in [2.24, 2.45) is 11.8 Å². The van der Waals surface area contributed by atoms with E-state index < -0.39 is 0 Å². The van der Waals surface area contributed by atoms with Crippen LogP contribution < -0.4 is 5.32 Å². The molecular weight excluding hydrogens is 178 g/mol. The van der Waals surface area contributed by atoms with E-state index in [1.807, 2.05) is 0 Å². The van der Waals surface area contributed by atoms with Crippen molar-refractivity contribution >= 4 is 5.91 Å². The van der Waals surface area contributed by atoms with Gasteiger partial charge in [0.15, 0.2) is 0 Å². The van der Waals surface area contributed by atoms with Crippen LogP contribution in [-0.4, -0.2) is 25.7 Å². The zero-order chi connectivity index (χ0) is 10.4. The Morgan fingerprint density at radius 2 is 2.21 bits per heavy atom. The van der Waals surface area contributed by atoms with Gasteiger partial charge in [0, 0.05) is 25.7 Å². The molecule has 1 aliphatic carbocycles. The molecule has 82 valence electrons. The fraction of sp³-hybridized carbons (Fsp3) is 0.909. The van der Waals surface area contributed by atoms with Gasteiger partial charge in [-0.05, 0) is 25.2 Å². The summed E-state index contributed by atoms with van der Waals surface area (Å²) in [5.74, 6) is 1.15. The van der Waals surface area contributed by atoms with E-state index in [9.17, 15) is 4.79 Å². The number of hydrogen-bond acceptors (Lipinski definition) is 2. The van der Waals surface area contributed by atoms with Crippen LogP contribution in [0.15, 0.2) is 0 Å². The van der Waals surface area contributed by atoms with Crippen LogP contribution >= 0.6 is 0 Å². The molecule has 1 fully saturated rings. The van der Waals surface area contributed by atoms with Crippen molar-refractivity contribution in [2.45, 2.75) is 33.1 Å². The molecule has 14 heavy (non-hydrogen) atoms. The number of rotatable bonds is 7. The first kappa shape index (κ1) is 11.5. The Labute approximate surface area is 86.2 Å². The van der Waals surface area contributed by atoms with E-state index in [0.29, 0.717) is 11.8 Å². The van der Waals surface area contributed by atoms with Gasteiger partial charge in [-0.15, -0.1) is 0 Å². The first-order valence-corrected chi connectivity index (χ1v) is 5.55. The molecule has 0 spiro atoms. The molecular formula is C11H21NO2. The Balaban J connectivity index is 1.81. The molecule has 1 saturated carbocycles. The number of carbonyl (C=O) groups is 1. The molecule has 0 unspecified atom stereocenters. The van der Waals surface area contributed by atoms with E-state index in [0.717, 1.165) is 39.0 Å². The SMILES string of the molecule is CC(C)COCCCNC(=O)C1CC1. The van der Waals surface area contributed by atoms with Crippen molar-refractivity contribution in [2.75, 3.05) is 19.8 Å². The van der Waals surface area contributed by atoms with Crippen LogP contribution in [0.4, 0.5) is 0 Å². The van der Waals surface area contributed by atoms with Gasteiger partial charge < -0.3 is 10.1 Å². The number of hydrogen-bond donors (Lipinski definition) is 1. The van der Waals surface area contributed by atoms with Crippen LogP contribution in [0.2, 0.25) is 0 Å². The number of ether oxygens (including phenoxy) is 1. The van der Waals surface area contributed by atoms with Gasteiger partial charge in [0.25, 0.3) is 0 Å². The highest BCUT2D eigenvalue weighted by atomic mass is 16.5. The zero-order valence-electron chi connectivity index (χ0n) is 9.21. The third kappa shape index (κ3) is 5.22. The van der Waals surface area contributed by atoms with Crippen molar-refractivity contribution in [3.05, 3.63) is 0 Å². The summed E-state index contributed by atoms with van der Waals surface area (Å²) in [6, 6.07) is 0. The molecule has 0 saturated heterocycles. The van der Waals surface area contributed by atoms with E-state index in [4.69, 9.17) is 4.74 Å². The molecule has 1 N–H and O–H groups in total. The molecule has 0 heterocycles. The van der Waals surface area contributed by atoms with Crippen LogP contribution in [0.3, 0.4) is 0 Å². The minimum atomic E-state index is 0.230. The summed E-state index contributed by atoms with van der Waals surface area (Å²) in [7, 11) is 0. The number of nitrogens with one attached hydrogen (secondary N) is 1. The lowest BCUT2D eigenvalue weighted by Gasteiger charge is -2.07. The summed E-state index contributed by atoms with van der Waals surface area (Å²) in [4.78, 5) is 11.2. The summed E-state index contributed by atoms with van der Waals surface area (Å²) in [5, 5.41) is 2.91. The zero-order valence-corrected chi connectivity index (χ0v) is 9.21. The summed E-state index contributed by atoms with van der Waals surface area (Å²) >= 11 is 0. The molecule has 0 aromatic heterocycles. The maximum atomic E-state index is 11.2. The van der Waals surface area contributed by atoms with Crippen LogP contribution in [0, 0.1) is 11.8 Å². The highest BCUT2D eigenvalue weighted by Gasteiger charge is 2.28. The summed E-state index contributed by atoms with van der Waals surface area (Å²) in [5.41, 5.74) is 0. The van der Waals surface area contributed by atoms with Crippen molar-refractivity contribution < 1.29 is 9.53 Å². The lowest BCUT2D eigenvalue weighted by atomic mass is 10.2. The number of amides is 1. The molecule has 0 aromatic carbocycles. The molecule has 1 amide bonds. The summed E-state index contributed by atoms with van der Waals surface area (Å²) in [6.45, 7) is 6.59. The van der Waals surface area contributed by atoms with Gasteiger partial charge in [-0.3, -0.25) is 4.79 Å². The third-order valence-corrected chi connectivity index (χ3v) is 2.16. The monoisotopic (exact) mass is 199 g/mol. The molecule has 0 radical (unpaired) electrons. The van der Waals surface area contributed by atoms with E-state index in [-0.39, 0.29) is 5.91 Å². The van der Waals surface area contributed by atoms with Gasteiger partial charge in [-0.1, -0.05) is 13.8 Å². The lowest BCUT2D eigenvalue weighted by Crippen LogP contribution is -2.26. The third-order valence-electron chi connectivity index (χ3n) is 2.16. The number of carbonyl (C=O) groups excluding carboxylic acids is 1. The van der Waals surface area contributed by atoms with E-state index in [2.05, 4.69) is 19.2 Å². The van der Waals surface area contributed by atoms with Gasteiger partial charge >= 0.3 is 0 Å². The normalized spacial score (nSPS) is 15.9. The maximum Gasteiger partial charge on any atom is 0.223 e. The van der Waals surface area contributed by atoms with Crippen LogP contribution in [0.1, 0.15) is 33.1 Å². The van der Waals surface area contributed by atoms with Crippen molar-refractivity contribution in [1.82, 2.24) is 5.32 Å². The fourth-order valence-corrected chi connectivity index (χ4v) is 1.19. The van der Waals surface area contributed by atoms with Gasteiger partial charge in [-0.2, -0.15) is 0 Å². The second kappa shape index (κ2) is 6.02. The first-order chi connectivity index (χ1) is 6.70. The van der Waals surface area contributed by atoms with Gasteiger partial charge in [-0.25, -0.2) is 0 Å². The van der Waals surface area contributed by atoms with Gasteiger partial charge in [0.05, 0.1) is 0 Å². The Kier molecular flexibility index (Phi) is 4.94. The largest absolute Gasteiger partial charge is 0.381 e. The quantitative estimate of drug-likeness (QED) is 0.632. The van der Waals surface area contributed by atoms with Crippen molar-refractivity contribution in [1.29, 1.82) is 0 Å². The molecule has 0 aromatic rings. The minimum Gasteiger partial charge on any atom is -0.381 e. The van der Waals surface area contributed by atoms with Crippen LogP contribution in [-0.2, 0) is 9.53 Å². The second-order valence-corrected chi connectivity index (χ2v) is 4.39. The smallest absolute Gasteiger partial charge is 0.223 e. The maximum absolute atomic E-state index is 11.2. The Morgan fingerprint density at radius 3 is 2.79 bits per heavy atom. The topological polar surface area (TPSA) is 38.3 Å². The molecule has 3 heteroatoms. The van der Waals surface area contributed by atoms with Crippen LogP contribution in [0.5, 0.6) is 0 Å². The molecule has 3 nitrogen and oxygen atoms in total. The Hall–Kier alpha value is -0.570. The standard InChI is InChI=1S/C11H21NO2/c1-9(2)8-14-7-3-6-12-11(13)10-4-5-10/h9-10H,3-8H2,1-2H3,(H,12,13). The molecule has 0 bridgehead atoms. The van der Waals surface area contributed by atoms with Crippen LogP contribution in [0.25, 0.3) is 0 Å². The summed E-state index contributed by atoms with van der Waals surface area (Å²) in [6.07, 6.45) is 3.08. The average Bonchev–Trinajstić information content (AvgIpc) is 2.92. The molecule has 0 aliphatic heterocycles. The minimum absolute atomic E-state index is 0.230. The van der Waals surface area contributed by atoms with E-state index >= 15 is 0 Å². The predicted molar refractivity (Wildman–Crippen MR) is 56.0 cm³/mol. The van der Waals surface area contributed by atoms with E-state index in [1.165, 1.54) is 0 Å². The Bertz CT molecular complexity index is 176. The molecule has 1 rings (SSSR count). The molecule has 1 aliphatic rings. The summed E-state index contributed by atoms with van der Waals surface area (Å²) < 4.78 is 5.40. The predicted octanol–water partition coefficient (Wildman–Crippen LogP) is 1.58. The van der Waals surface area contributed by atoms with Crippen molar-refractivity contribution in [3.8, 4) is 0 Å². The van der Waals surface area contributed by atoms with Gasteiger partial charge in [0.2, 0.25) is 5.91 Å². The van der Waals surface area contributed by atoms with Crippen molar-refractivity contribution in [3.63, 3.8) is 0 Å². The lowest BCUT2D eigenvalue weighted by molar-refractivity contribution is -0.122. The van der Waals surface area contributed by atoms with E-state index in [1.54, 1.807) is 0 Å². The Morgan fingerprint density at radius 1 is 1.50 bits per heavy atom. The average molecular weight is 199 g/mol. The second-order valence-electron chi connectivity index (χ2n) is 4.39. The molecule has 0 atom stereocenters.